The van der Waals surface area contributed by atoms with Gasteiger partial charge in [-0.2, -0.15) is 0 Å². The topological polar surface area (TPSA) is 25.2 Å². The van der Waals surface area contributed by atoms with Gasteiger partial charge in [-0.25, -0.2) is 0 Å². The van der Waals surface area contributed by atoms with Gasteiger partial charge in [0, 0.05) is 30.8 Å². The van der Waals surface area contributed by atoms with Crippen LogP contribution in [0, 0.1) is 0 Å². The number of hydrogen-bond donors (Lipinski definition) is 0. The molecule has 1 fully saturated rings. The Morgan fingerprint density at radius 1 is 1.24 bits per heavy atom. The molecule has 0 aromatic carbocycles. The molecular formula is C14H22N2O. The van der Waals surface area contributed by atoms with Crippen LogP contribution in [-0.4, -0.2) is 28.6 Å². The van der Waals surface area contributed by atoms with Crippen molar-refractivity contribution in [2.75, 3.05) is 13.1 Å². The first-order valence-corrected chi connectivity index (χ1v) is 6.49. The van der Waals surface area contributed by atoms with Crippen molar-refractivity contribution in [1.82, 2.24) is 9.47 Å². The fourth-order valence-electron chi connectivity index (χ4n) is 2.70. The van der Waals surface area contributed by atoms with Gasteiger partial charge in [-0.3, -0.25) is 4.79 Å². The first kappa shape index (κ1) is 12.4. The number of likely N-dealkylation sites (tertiary alicyclic amines) is 1. The predicted octanol–water partition coefficient (Wildman–Crippen LogP) is 1.97. The Balaban J connectivity index is 2.11. The monoisotopic (exact) mass is 234 g/mol. The maximum Gasteiger partial charge on any atom is 0.250 e. The molecule has 0 atom stereocenters. The lowest BCUT2D eigenvalue weighted by molar-refractivity contribution is 0.169. The SMILES string of the molecule is CC(C)N1CCC(c2cccc(=O)n2C)CC1. The lowest BCUT2D eigenvalue weighted by Crippen LogP contribution is -2.38. The van der Waals surface area contributed by atoms with Crippen LogP contribution in [0.1, 0.15) is 38.3 Å². The Bertz CT molecular complexity index is 428. The zero-order valence-electron chi connectivity index (χ0n) is 11.0. The second-order valence-electron chi connectivity index (χ2n) is 5.25. The number of rotatable bonds is 2. The Morgan fingerprint density at radius 3 is 2.47 bits per heavy atom. The molecule has 3 heteroatoms. The van der Waals surface area contributed by atoms with Crippen molar-refractivity contribution in [3.05, 3.63) is 34.2 Å². The molecule has 2 rings (SSSR count). The van der Waals surface area contributed by atoms with Crippen molar-refractivity contribution in [3.8, 4) is 0 Å². The maximum atomic E-state index is 11.6. The highest BCUT2D eigenvalue weighted by atomic mass is 16.1. The summed E-state index contributed by atoms with van der Waals surface area (Å²) in [5, 5.41) is 0. The van der Waals surface area contributed by atoms with Crippen molar-refractivity contribution in [2.24, 2.45) is 7.05 Å². The van der Waals surface area contributed by atoms with Crippen LogP contribution in [0.3, 0.4) is 0 Å². The van der Waals surface area contributed by atoms with E-state index in [1.807, 2.05) is 13.1 Å². The van der Waals surface area contributed by atoms with Gasteiger partial charge in [0.2, 0.25) is 5.56 Å². The molecule has 1 saturated heterocycles. The van der Waals surface area contributed by atoms with E-state index in [1.165, 1.54) is 5.69 Å². The fraction of sp³-hybridized carbons (Fsp3) is 0.643. The Kier molecular flexibility index (Phi) is 3.67. The summed E-state index contributed by atoms with van der Waals surface area (Å²) in [7, 11) is 1.88. The van der Waals surface area contributed by atoms with Gasteiger partial charge >= 0.3 is 0 Å². The van der Waals surface area contributed by atoms with E-state index in [0.29, 0.717) is 12.0 Å². The molecule has 94 valence electrons. The molecule has 1 aromatic rings. The molecule has 3 nitrogen and oxygen atoms in total. The number of nitrogens with zero attached hydrogens (tertiary/aromatic N) is 2. The first-order valence-electron chi connectivity index (χ1n) is 6.49. The average Bonchev–Trinajstić information content (AvgIpc) is 2.33. The molecule has 2 heterocycles. The molecule has 0 spiro atoms. The molecule has 0 unspecified atom stereocenters. The van der Waals surface area contributed by atoms with Gasteiger partial charge in [-0.15, -0.1) is 0 Å². The lowest BCUT2D eigenvalue weighted by atomic mass is 9.92. The normalized spacial score (nSPS) is 18.8. The highest BCUT2D eigenvalue weighted by molar-refractivity contribution is 5.12. The van der Waals surface area contributed by atoms with E-state index in [2.05, 4.69) is 24.8 Å². The van der Waals surface area contributed by atoms with Crippen molar-refractivity contribution in [2.45, 2.75) is 38.6 Å². The molecule has 0 radical (unpaired) electrons. The van der Waals surface area contributed by atoms with E-state index in [9.17, 15) is 4.79 Å². The second-order valence-corrected chi connectivity index (χ2v) is 5.25. The maximum absolute atomic E-state index is 11.6. The van der Waals surface area contributed by atoms with Crippen LogP contribution in [0.2, 0.25) is 0 Å². The fourth-order valence-corrected chi connectivity index (χ4v) is 2.70. The summed E-state index contributed by atoms with van der Waals surface area (Å²) in [4.78, 5) is 14.1. The van der Waals surface area contributed by atoms with Gasteiger partial charge in [0.25, 0.3) is 0 Å². The van der Waals surface area contributed by atoms with Gasteiger partial charge in [0.15, 0.2) is 0 Å². The molecule has 1 aliphatic rings. The van der Waals surface area contributed by atoms with E-state index in [4.69, 9.17) is 0 Å². The Labute approximate surface area is 103 Å². The van der Waals surface area contributed by atoms with E-state index >= 15 is 0 Å². The Morgan fingerprint density at radius 2 is 1.88 bits per heavy atom. The molecule has 0 N–H and O–H groups in total. The number of aromatic nitrogens is 1. The third-order valence-corrected chi connectivity index (χ3v) is 3.90. The van der Waals surface area contributed by atoms with Crippen LogP contribution in [0.15, 0.2) is 23.0 Å². The summed E-state index contributed by atoms with van der Waals surface area (Å²) in [5.74, 6) is 0.545. The quantitative estimate of drug-likeness (QED) is 0.781. The van der Waals surface area contributed by atoms with Gasteiger partial charge in [-0.1, -0.05) is 6.07 Å². The largest absolute Gasteiger partial charge is 0.315 e. The molecule has 0 bridgehead atoms. The molecular weight excluding hydrogens is 212 g/mol. The second kappa shape index (κ2) is 5.05. The molecule has 0 saturated carbocycles. The summed E-state index contributed by atoms with van der Waals surface area (Å²) < 4.78 is 1.80. The molecule has 1 aliphatic heterocycles. The highest BCUT2D eigenvalue weighted by Crippen LogP contribution is 2.27. The summed E-state index contributed by atoms with van der Waals surface area (Å²) in [6.07, 6.45) is 2.32. The van der Waals surface area contributed by atoms with Crippen molar-refractivity contribution in [1.29, 1.82) is 0 Å². The van der Waals surface area contributed by atoms with Crippen molar-refractivity contribution in [3.63, 3.8) is 0 Å². The Hall–Kier alpha value is -1.09. The third kappa shape index (κ3) is 2.60. The highest BCUT2D eigenvalue weighted by Gasteiger charge is 2.23. The zero-order valence-corrected chi connectivity index (χ0v) is 11.0. The zero-order chi connectivity index (χ0) is 12.4. The van der Waals surface area contributed by atoms with Crippen molar-refractivity contribution < 1.29 is 0 Å². The van der Waals surface area contributed by atoms with E-state index < -0.39 is 0 Å². The number of pyridine rings is 1. The number of hydrogen-bond acceptors (Lipinski definition) is 2. The van der Waals surface area contributed by atoms with Crippen LogP contribution < -0.4 is 5.56 Å². The summed E-state index contributed by atoms with van der Waals surface area (Å²) >= 11 is 0. The predicted molar refractivity (Wildman–Crippen MR) is 70.4 cm³/mol. The van der Waals surface area contributed by atoms with Crippen LogP contribution in [0.4, 0.5) is 0 Å². The summed E-state index contributed by atoms with van der Waals surface area (Å²) in [5.41, 5.74) is 1.30. The van der Waals surface area contributed by atoms with Crippen molar-refractivity contribution >= 4 is 0 Å². The first-order chi connectivity index (χ1) is 8.09. The van der Waals surface area contributed by atoms with Gasteiger partial charge in [0.05, 0.1) is 0 Å². The van der Waals surface area contributed by atoms with Gasteiger partial charge in [-0.05, 0) is 45.8 Å². The van der Waals surface area contributed by atoms with Crippen LogP contribution in [0.25, 0.3) is 0 Å². The molecule has 1 aromatic heterocycles. The number of piperidine rings is 1. The van der Waals surface area contributed by atoms with Gasteiger partial charge in [0.1, 0.15) is 0 Å². The smallest absolute Gasteiger partial charge is 0.250 e. The molecule has 0 aliphatic carbocycles. The minimum atomic E-state index is 0.105. The lowest BCUT2D eigenvalue weighted by Gasteiger charge is -2.35. The summed E-state index contributed by atoms with van der Waals surface area (Å²) in [6, 6.07) is 6.24. The van der Waals surface area contributed by atoms with Crippen LogP contribution in [-0.2, 0) is 7.05 Å². The van der Waals surface area contributed by atoms with Gasteiger partial charge < -0.3 is 9.47 Å². The minimum Gasteiger partial charge on any atom is -0.315 e. The van der Waals surface area contributed by atoms with E-state index in [1.54, 1.807) is 10.6 Å². The molecule has 17 heavy (non-hydrogen) atoms. The third-order valence-electron chi connectivity index (χ3n) is 3.90. The van der Waals surface area contributed by atoms with E-state index in [-0.39, 0.29) is 5.56 Å². The van der Waals surface area contributed by atoms with E-state index in [0.717, 1.165) is 25.9 Å². The van der Waals surface area contributed by atoms with Crippen LogP contribution >= 0.6 is 0 Å². The standard InChI is InChI=1S/C14H22N2O/c1-11(2)16-9-7-12(8-10-16)13-5-4-6-14(17)15(13)3/h4-6,11-12H,7-10H2,1-3H3. The summed E-state index contributed by atoms with van der Waals surface area (Å²) in [6.45, 7) is 6.79. The van der Waals surface area contributed by atoms with Crippen LogP contribution in [0.5, 0.6) is 0 Å². The average molecular weight is 234 g/mol. The minimum absolute atomic E-state index is 0.105. The molecule has 0 amide bonds.